The Morgan fingerprint density at radius 3 is 2.44 bits per heavy atom. The fourth-order valence-corrected chi connectivity index (χ4v) is 2.36. The van der Waals surface area contributed by atoms with E-state index in [2.05, 4.69) is 31.8 Å². The summed E-state index contributed by atoms with van der Waals surface area (Å²) in [5.74, 6) is -0.495. The summed E-state index contributed by atoms with van der Waals surface area (Å²) in [5.41, 5.74) is 6.13. The predicted molar refractivity (Wildman–Crippen MR) is 104 cm³/mol. The summed E-state index contributed by atoms with van der Waals surface area (Å²) in [7, 11) is 0. The van der Waals surface area contributed by atoms with Gasteiger partial charge in [0.15, 0.2) is 0 Å². The third kappa shape index (κ3) is 6.51. The van der Waals surface area contributed by atoms with Crippen LogP contribution >= 0.6 is 15.9 Å². The summed E-state index contributed by atoms with van der Waals surface area (Å²) in [6, 6.07) is 13.4. The molecule has 0 bridgehead atoms. The maximum Gasteiger partial charge on any atom is 0.240 e. The summed E-state index contributed by atoms with van der Waals surface area (Å²) < 4.78 is 0.976. The van der Waals surface area contributed by atoms with Gasteiger partial charge in [0.25, 0.3) is 0 Å². The number of carbonyl (C=O) groups excluding carboxylic acids is 2. The highest BCUT2D eigenvalue weighted by Gasteiger charge is 2.08. The standard InChI is InChI=1S/C19H20BrN3O2/c1-13-3-4-14(2)17(11-13)22-18(24)9-10-19(25)23-21-12-15-5-7-16(20)8-6-15/h3-8,11-12H,9-10H2,1-2H3,(H,22,24)(H,23,25). The van der Waals surface area contributed by atoms with Crippen LogP contribution in [0.25, 0.3) is 0 Å². The quantitative estimate of drug-likeness (QED) is 0.568. The van der Waals surface area contributed by atoms with Crippen molar-refractivity contribution in [1.82, 2.24) is 5.43 Å². The highest BCUT2D eigenvalue weighted by molar-refractivity contribution is 9.10. The fraction of sp³-hybridized carbons (Fsp3) is 0.211. The van der Waals surface area contributed by atoms with Crippen molar-refractivity contribution in [3.63, 3.8) is 0 Å². The molecule has 0 saturated carbocycles. The molecule has 6 heteroatoms. The van der Waals surface area contributed by atoms with E-state index in [9.17, 15) is 9.59 Å². The molecular weight excluding hydrogens is 382 g/mol. The first-order chi connectivity index (χ1) is 11.9. The Morgan fingerprint density at radius 2 is 1.72 bits per heavy atom. The van der Waals surface area contributed by atoms with Gasteiger partial charge in [0.1, 0.15) is 0 Å². The number of aryl methyl sites for hydroxylation is 2. The lowest BCUT2D eigenvalue weighted by Gasteiger charge is -2.09. The zero-order chi connectivity index (χ0) is 18.2. The maximum absolute atomic E-state index is 12.0. The highest BCUT2D eigenvalue weighted by Crippen LogP contribution is 2.16. The first-order valence-electron chi connectivity index (χ1n) is 7.88. The second-order valence-corrected chi connectivity index (χ2v) is 6.63. The molecule has 2 aromatic rings. The Balaban J connectivity index is 1.76. The average Bonchev–Trinajstić information content (AvgIpc) is 2.58. The second kappa shape index (κ2) is 9.13. The number of amides is 2. The Kier molecular flexibility index (Phi) is 6.89. The molecule has 130 valence electrons. The second-order valence-electron chi connectivity index (χ2n) is 5.71. The van der Waals surface area contributed by atoms with Crippen molar-refractivity contribution >= 4 is 39.6 Å². The van der Waals surface area contributed by atoms with E-state index >= 15 is 0 Å². The van der Waals surface area contributed by atoms with Gasteiger partial charge in [-0.25, -0.2) is 5.43 Å². The van der Waals surface area contributed by atoms with Crippen LogP contribution < -0.4 is 10.7 Å². The molecule has 2 amide bonds. The van der Waals surface area contributed by atoms with Crippen molar-refractivity contribution in [2.45, 2.75) is 26.7 Å². The molecule has 0 aliphatic heterocycles. The number of rotatable bonds is 6. The highest BCUT2D eigenvalue weighted by atomic mass is 79.9. The molecule has 0 aromatic heterocycles. The van der Waals surface area contributed by atoms with Crippen molar-refractivity contribution < 1.29 is 9.59 Å². The minimum absolute atomic E-state index is 0.0778. The average molecular weight is 402 g/mol. The van der Waals surface area contributed by atoms with E-state index in [4.69, 9.17) is 0 Å². The van der Waals surface area contributed by atoms with Crippen molar-refractivity contribution in [3.8, 4) is 0 Å². The topological polar surface area (TPSA) is 70.6 Å². The Bertz CT molecular complexity index is 786. The summed E-state index contributed by atoms with van der Waals surface area (Å²) in [5, 5.41) is 6.72. The number of hydrogen-bond donors (Lipinski definition) is 2. The molecule has 0 radical (unpaired) electrons. The first kappa shape index (κ1) is 18.9. The molecule has 0 heterocycles. The molecular formula is C19H20BrN3O2. The number of halogens is 1. The lowest BCUT2D eigenvalue weighted by atomic mass is 10.1. The maximum atomic E-state index is 12.0. The van der Waals surface area contributed by atoms with Crippen molar-refractivity contribution in [3.05, 3.63) is 63.6 Å². The van der Waals surface area contributed by atoms with Crippen LogP contribution in [-0.4, -0.2) is 18.0 Å². The summed E-state index contributed by atoms with van der Waals surface area (Å²) in [4.78, 5) is 23.7. The van der Waals surface area contributed by atoms with Gasteiger partial charge in [-0.05, 0) is 48.7 Å². The molecule has 2 N–H and O–H groups in total. The van der Waals surface area contributed by atoms with Gasteiger partial charge in [0.05, 0.1) is 6.21 Å². The van der Waals surface area contributed by atoms with Crippen LogP contribution in [-0.2, 0) is 9.59 Å². The van der Waals surface area contributed by atoms with Gasteiger partial charge in [0.2, 0.25) is 11.8 Å². The van der Waals surface area contributed by atoms with Gasteiger partial charge >= 0.3 is 0 Å². The van der Waals surface area contributed by atoms with Crippen molar-refractivity contribution in [1.29, 1.82) is 0 Å². The molecule has 0 aliphatic carbocycles. The molecule has 0 unspecified atom stereocenters. The number of anilines is 1. The Morgan fingerprint density at radius 1 is 1.04 bits per heavy atom. The zero-order valence-electron chi connectivity index (χ0n) is 14.2. The molecule has 5 nitrogen and oxygen atoms in total. The van der Waals surface area contributed by atoms with Gasteiger partial charge in [0, 0.05) is 23.0 Å². The predicted octanol–water partition coefficient (Wildman–Crippen LogP) is 3.93. The van der Waals surface area contributed by atoms with E-state index in [1.54, 1.807) is 6.21 Å². The summed E-state index contributed by atoms with van der Waals surface area (Å²) >= 11 is 3.35. The van der Waals surface area contributed by atoms with E-state index < -0.39 is 0 Å². The molecule has 0 aliphatic rings. The van der Waals surface area contributed by atoms with Crippen LogP contribution in [0, 0.1) is 13.8 Å². The van der Waals surface area contributed by atoms with Gasteiger partial charge in [-0.1, -0.05) is 40.2 Å². The third-order valence-electron chi connectivity index (χ3n) is 3.52. The Hall–Kier alpha value is -2.47. The van der Waals surface area contributed by atoms with E-state index in [0.717, 1.165) is 26.9 Å². The number of hydrazone groups is 1. The zero-order valence-corrected chi connectivity index (χ0v) is 15.8. The molecule has 0 spiro atoms. The van der Waals surface area contributed by atoms with E-state index in [-0.39, 0.29) is 24.7 Å². The van der Waals surface area contributed by atoms with Crippen LogP contribution in [0.5, 0.6) is 0 Å². The van der Waals surface area contributed by atoms with Crippen LogP contribution in [0.2, 0.25) is 0 Å². The summed E-state index contributed by atoms with van der Waals surface area (Å²) in [6.07, 6.45) is 1.74. The molecule has 0 fully saturated rings. The van der Waals surface area contributed by atoms with Crippen LogP contribution in [0.4, 0.5) is 5.69 Å². The van der Waals surface area contributed by atoms with Crippen LogP contribution in [0.1, 0.15) is 29.5 Å². The Labute approximate surface area is 155 Å². The van der Waals surface area contributed by atoms with Gasteiger partial charge < -0.3 is 5.32 Å². The van der Waals surface area contributed by atoms with Crippen LogP contribution in [0.15, 0.2) is 52.0 Å². The first-order valence-corrected chi connectivity index (χ1v) is 8.68. The number of nitrogens with zero attached hydrogens (tertiary/aromatic N) is 1. The van der Waals surface area contributed by atoms with Crippen molar-refractivity contribution in [2.75, 3.05) is 5.32 Å². The molecule has 25 heavy (non-hydrogen) atoms. The lowest BCUT2D eigenvalue weighted by molar-refractivity contribution is -0.124. The number of carbonyl (C=O) groups is 2. The number of nitrogens with one attached hydrogen (secondary N) is 2. The third-order valence-corrected chi connectivity index (χ3v) is 4.05. The van der Waals surface area contributed by atoms with Gasteiger partial charge in [-0.3, -0.25) is 9.59 Å². The monoisotopic (exact) mass is 401 g/mol. The number of benzene rings is 2. The fourth-order valence-electron chi connectivity index (χ4n) is 2.09. The summed E-state index contributed by atoms with van der Waals surface area (Å²) in [6.45, 7) is 3.89. The molecule has 0 saturated heterocycles. The normalized spacial score (nSPS) is 10.7. The van der Waals surface area contributed by atoms with E-state index in [0.29, 0.717) is 0 Å². The van der Waals surface area contributed by atoms with Crippen LogP contribution in [0.3, 0.4) is 0 Å². The van der Waals surface area contributed by atoms with Crippen molar-refractivity contribution in [2.24, 2.45) is 5.10 Å². The minimum Gasteiger partial charge on any atom is -0.326 e. The van der Waals surface area contributed by atoms with Gasteiger partial charge in [-0.2, -0.15) is 5.10 Å². The SMILES string of the molecule is Cc1ccc(C)c(NC(=O)CCC(=O)NN=Cc2ccc(Br)cc2)c1. The van der Waals surface area contributed by atoms with Gasteiger partial charge in [-0.15, -0.1) is 0 Å². The molecule has 2 rings (SSSR count). The lowest BCUT2D eigenvalue weighted by Crippen LogP contribution is -2.20. The molecule has 0 atom stereocenters. The molecule has 2 aromatic carbocycles. The van der Waals surface area contributed by atoms with E-state index in [1.165, 1.54) is 0 Å². The largest absolute Gasteiger partial charge is 0.326 e. The smallest absolute Gasteiger partial charge is 0.240 e. The number of hydrogen-bond acceptors (Lipinski definition) is 3. The van der Waals surface area contributed by atoms with E-state index in [1.807, 2.05) is 56.3 Å². The minimum atomic E-state index is -0.301.